The number of rotatable bonds is 19. The van der Waals surface area contributed by atoms with Gasteiger partial charge in [-0.1, -0.05) is 97.8 Å². The normalized spacial score (nSPS) is 11.0. The summed E-state index contributed by atoms with van der Waals surface area (Å²) >= 11 is 0. The molecule has 1 aromatic carbocycles. The fraction of sp³-hybridized carbons (Fsp3) is 0.714. The van der Waals surface area contributed by atoms with Gasteiger partial charge in [0.1, 0.15) is 11.5 Å². The van der Waals surface area contributed by atoms with E-state index < -0.39 is 0 Å². The van der Waals surface area contributed by atoms with Crippen LogP contribution in [0.2, 0.25) is 0 Å². The van der Waals surface area contributed by atoms with Crippen LogP contribution in [-0.4, -0.2) is 11.9 Å². The molecular weight excluding hydrogens is 400 g/mol. The lowest BCUT2D eigenvalue weighted by molar-refractivity contribution is -0.135. The van der Waals surface area contributed by atoms with Gasteiger partial charge in [0, 0.05) is 12.8 Å². The van der Waals surface area contributed by atoms with Gasteiger partial charge >= 0.3 is 11.9 Å². The zero-order valence-electron chi connectivity index (χ0n) is 20.8. The molecule has 0 N–H and O–H groups in total. The number of carbonyl (C=O) groups is 2. The van der Waals surface area contributed by atoms with Gasteiger partial charge in [-0.2, -0.15) is 0 Å². The van der Waals surface area contributed by atoms with Crippen LogP contribution in [0.3, 0.4) is 0 Å². The van der Waals surface area contributed by atoms with Crippen molar-refractivity contribution in [2.45, 2.75) is 124 Å². The molecule has 1 aromatic rings. The molecule has 0 heterocycles. The lowest BCUT2D eigenvalue weighted by Gasteiger charge is -2.11. The van der Waals surface area contributed by atoms with Gasteiger partial charge in [0.25, 0.3) is 0 Å². The summed E-state index contributed by atoms with van der Waals surface area (Å²) in [5, 5.41) is 0. The fourth-order valence-electron chi connectivity index (χ4n) is 3.92. The van der Waals surface area contributed by atoms with Crippen LogP contribution in [0.25, 0.3) is 0 Å². The summed E-state index contributed by atoms with van der Waals surface area (Å²) in [7, 11) is 0. The number of ether oxygens (including phenoxy) is 2. The molecule has 0 fully saturated rings. The standard InChI is InChI=1S/C28H46O4/c1-4-7-8-9-12-15-18-27(29)31-25-20-22-26(23-21-25)32-28(30)19-16-13-10-11-14-17-24(5-2)6-3/h20-24H,4-19H2,1-3H3. The minimum Gasteiger partial charge on any atom is -0.427 e. The lowest BCUT2D eigenvalue weighted by atomic mass is 9.96. The summed E-state index contributed by atoms with van der Waals surface area (Å²) < 4.78 is 10.8. The second-order valence-electron chi connectivity index (χ2n) is 8.93. The molecule has 0 atom stereocenters. The lowest BCUT2D eigenvalue weighted by Crippen LogP contribution is -2.09. The highest BCUT2D eigenvalue weighted by Gasteiger charge is 2.08. The molecule has 4 nitrogen and oxygen atoms in total. The molecule has 182 valence electrons. The van der Waals surface area contributed by atoms with Crippen molar-refractivity contribution >= 4 is 11.9 Å². The van der Waals surface area contributed by atoms with Gasteiger partial charge < -0.3 is 9.47 Å². The Morgan fingerprint density at radius 2 is 1.03 bits per heavy atom. The molecule has 0 aliphatic heterocycles. The van der Waals surface area contributed by atoms with Crippen molar-refractivity contribution in [3.05, 3.63) is 24.3 Å². The Kier molecular flexibility index (Phi) is 16.5. The summed E-state index contributed by atoms with van der Waals surface area (Å²) in [5.74, 6) is 1.46. The first-order valence-electron chi connectivity index (χ1n) is 13.1. The van der Waals surface area contributed by atoms with Crippen LogP contribution in [0.15, 0.2) is 24.3 Å². The Bertz CT molecular complexity index is 604. The van der Waals surface area contributed by atoms with Crippen LogP contribution in [-0.2, 0) is 9.59 Å². The molecular formula is C28H46O4. The van der Waals surface area contributed by atoms with Crippen LogP contribution in [0.1, 0.15) is 124 Å². The number of carbonyl (C=O) groups excluding carboxylic acids is 2. The summed E-state index contributed by atoms with van der Waals surface area (Å²) in [4.78, 5) is 24.0. The van der Waals surface area contributed by atoms with E-state index in [-0.39, 0.29) is 11.9 Å². The van der Waals surface area contributed by atoms with E-state index in [4.69, 9.17) is 9.47 Å². The Labute approximate surface area is 196 Å². The minimum absolute atomic E-state index is 0.199. The number of hydrogen-bond donors (Lipinski definition) is 0. The molecule has 0 unspecified atom stereocenters. The summed E-state index contributed by atoms with van der Waals surface area (Å²) in [6.45, 7) is 6.75. The van der Waals surface area contributed by atoms with E-state index in [1.807, 2.05) is 0 Å². The van der Waals surface area contributed by atoms with Crippen molar-refractivity contribution in [2.24, 2.45) is 5.92 Å². The molecule has 32 heavy (non-hydrogen) atoms. The van der Waals surface area contributed by atoms with Crippen molar-refractivity contribution in [3.8, 4) is 11.5 Å². The molecule has 0 amide bonds. The molecule has 0 aliphatic carbocycles. The fourth-order valence-corrected chi connectivity index (χ4v) is 3.92. The molecule has 0 aliphatic rings. The maximum atomic E-state index is 12.0. The van der Waals surface area contributed by atoms with E-state index in [0.29, 0.717) is 24.3 Å². The maximum Gasteiger partial charge on any atom is 0.311 e. The highest BCUT2D eigenvalue weighted by atomic mass is 16.5. The Morgan fingerprint density at radius 1 is 0.625 bits per heavy atom. The molecule has 1 rings (SSSR count). The summed E-state index contributed by atoms with van der Waals surface area (Å²) in [6, 6.07) is 6.73. The van der Waals surface area contributed by atoms with Gasteiger partial charge in [0.15, 0.2) is 0 Å². The van der Waals surface area contributed by atoms with E-state index in [1.54, 1.807) is 24.3 Å². The van der Waals surface area contributed by atoms with E-state index >= 15 is 0 Å². The monoisotopic (exact) mass is 446 g/mol. The third kappa shape index (κ3) is 14.3. The summed E-state index contributed by atoms with van der Waals surface area (Å²) in [5.41, 5.74) is 0. The zero-order chi connectivity index (χ0) is 23.4. The Morgan fingerprint density at radius 3 is 1.47 bits per heavy atom. The van der Waals surface area contributed by atoms with Gasteiger partial charge in [-0.05, 0) is 43.0 Å². The van der Waals surface area contributed by atoms with Gasteiger partial charge in [0.2, 0.25) is 0 Å². The number of esters is 2. The maximum absolute atomic E-state index is 12.0. The zero-order valence-corrected chi connectivity index (χ0v) is 20.8. The number of unbranched alkanes of at least 4 members (excludes halogenated alkanes) is 9. The highest BCUT2D eigenvalue weighted by molar-refractivity contribution is 5.73. The van der Waals surface area contributed by atoms with Crippen LogP contribution < -0.4 is 9.47 Å². The Hall–Kier alpha value is -1.84. The average Bonchev–Trinajstić information content (AvgIpc) is 2.79. The highest BCUT2D eigenvalue weighted by Crippen LogP contribution is 2.20. The van der Waals surface area contributed by atoms with Gasteiger partial charge in [-0.15, -0.1) is 0 Å². The van der Waals surface area contributed by atoms with Gasteiger partial charge in [0.05, 0.1) is 0 Å². The van der Waals surface area contributed by atoms with Gasteiger partial charge in [-0.25, -0.2) is 0 Å². The van der Waals surface area contributed by atoms with Crippen LogP contribution in [0, 0.1) is 5.92 Å². The average molecular weight is 447 g/mol. The third-order valence-corrected chi connectivity index (χ3v) is 6.17. The first kappa shape index (κ1) is 28.2. The SMILES string of the molecule is CCCCCCCCC(=O)Oc1ccc(OC(=O)CCCCCCCC(CC)CC)cc1. The molecule has 0 saturated heterocycles. The van der Waals surface area contributed by atoms with Crippen molar-refractivity contribution < 1.29 is 19.1 Å². The first-order valence-corrected chi connectivity index (χ1v) is 13.1. The number of benzene rings is 1. The van der Waals surface area contributed by atoms with E-state index in [9.17, 15) is 9.59 Å². The number of hydrogen-bond acceptors (Lipinski definition) is 4. The molecule has 4 heteroatoms. The molecule has 0 spiro atoms. The molecule has 0 radical (unpaired) electrons. The van der Waals surface area contributed by atoms with E-state index in [2.05, 4.69) is 20.8 Å². The summed E-state index contributed by atoms with van der Waals surface area (Å²) in [6.07, 6.45) is 17.3. The third-order valence-electron chi connectivity index (χ3n) is 6.17. The quantitative estimate of drug-likeness (QED) is 0.122. The second-order valence-corrected chi connectivity index (χ2v) is 8.93. The van der Waals surface area contributed by atoms with Crippen LogP contribution in [0.4, 0.5) is 0 Å². The largest absolute Gasteiger partial charge is 0.427 e. The second kappa shape index (κ2) is 18.7. The first-order chi connectivity index (χ1) is 15.6. The van der Waals surface area contributed by atoms with Crippen molar-refractivity contribution in [3.63, 3.8) is 0 Å². The molecule has 0 saturated carbocycles. The van der Waals surface area contributed by atoms with Gasteiger partial charge in [-0.3, -0.25) is 9.59 Å². The molecule has 0 aromatic heterocycles. The van der Waals surface area contributed by atoms with Crippen molar-refractivity contribution in [1.29, 1.82) is 0 Å². The predicted molar refractivity (Wildman–Crippen MR) is 132 cm³/mol. The minimum atomic E-state index is -0.204. The predicted octanol–water partition coefficient (Wildman–Crippen LogP) is 8.41. The smallest absolute Gasteiger partial charge is 0.311 e. The topological polar surface area (TPSA) is 52.6 Å². The van der Waals surface area contributed by atoms with E-state index in [1.165, 1.54) is 64.2 Å². The van der Waals surface area contributed by atoms with Crippen molar-refractivity contribution in [2.75, 3.05) is 0 Å². The van der Waals surface area contributed by atoms with Crippen LogP contribution in [0.5, 0.6) is 11.5 Å². The molecule has 0 bridgehead atoms. The Balaban J connectivity index is 2.13. The van der Waals surface area contributed by atoms with Crippen molar-refractivity contribution in [1.82, 2.24) is 0 Å². The van der Waals surface area contributed by atoms with E-state index in [0.717, 1.165) is 31.6 Å². The van der Waals surface area contributed by atoms with Crippen LogP contribution >= 0.6 is 0 Å².